The van der Waals surface area contributed by atoms with Crippen molar-refractivity contribution in [2.24, 2.45) is 0 Å². The number of carbonyl (C=O) groups is 2. The smallest absolute Gasteiger partial charge is 0.325 e. The van der Waals surface area contributed by atoms with Crippen LogP contribution in [0.5, 0.6) is 5.75 Å². The minimum absolute atomic E-state index is 0.0488. The van der Waals surface area contributed by atoms with Gasteiger partial charge in [-0.2, -0.15) is 8.78 Å². The first-order valence-electron chi connectivity index (χ1n) is 19.8. The van der Waals surface area contributed by atoms with Crippen LogP contribution < -0.4 is 15.4 Å². The van der Waals surface area contributed by atoms with Crippen LogP contribution >= 0.6 is 7.60 Å². The second-order valence-corrected chi connectivity index (χ2v) is 15.9. The van der Waals surface area contributed by atoms with Gasteiger partial charge in [0, 0.05) is 24.8 Å². The third-order valence-corrected chi connectivity index (χ3v) is 10.2. The number of nitrogens with zero attached hydrogens (tertiary/aromatic N) is 3. The number of aliphatic hydroxyl groups is 3. The quantitative estimate of drug-likeness (QED) is 0.0110. The van der Waals surface area contributed by atoms with E-state index in [0.717, 1.165) is 12.1 Å². The van der Waals surface area contributed by atoms with E-state index in [1.165, 1.54) is 0 Å². The monoisotopic (exact) mass is 927 g/mol. The number of benzene rings is 2. The average molecular weight is 928 g/mol. The fraction of sp³-hybridized carbons (Fsp3) is 0.579. The fourth-order valence-electron chi connectivity index (χ4n) is 5.97. The molecule has 1 fully saturated rings. The summed E-state index contributed by atoms with van der Waals surface area (Å²) in [6.07, 6.45) is -3.70. The molecule has 1 aliphatic rings. The molecular formula is C38H51F5N5O14P. The summed E-state index contributed by atoms with van der Waals surface area (Å²) >= 11 is 0. The zero-order valence-corrected chi connectivity index (χ0v) is 34.8. The van der Waals surface area contributed by atoms with Gasteiger partial charge >= 0.3 is 19.6 Å². The molecule has 2 heterocycles. The number of hydrogen-bond donors (Lipinski definition) is 7. The highest BCUT2D eigenvalue weighted by atomic mass is 31.2. The lowest BCUT2D eigenvalue weighted by molar-refractivity contribution is -0.221. The number of urea groups is 1. The summed E-state index contributed by atoms with van der Waals surface area (Å²) in [6.45, 7) is 2.31. The maximum absolute atomic E-state index is 13.6. The van der Waals surface area contributed by atoms with E-state index in [-0.39, 0.29) is 45.9 Å². The van der Waals surface area contributed by atoms with Crippen LogP contribution in [0.25, 0.3) is 0 Å². The number of halogens is 5. The summed E-state index contributed by atoms with van der Waals surface area (Å²) < 4.78 is 111. The Morgan fingerprint density at radius 2 is 1.33 bits per heavy atom. The maximum Gasteiger partial charge on any atom is 0.325 e. The molecule has 0 bridgehead atoms. The van der Waals surface area contributed by atoms with Crippen LogP contribution in [0.1, 0.15) is 36.9 Å². The molecular weight excluding hydrogens is 876 g/mol. The standard InChI is InChI=1S/C38H51F5N5O14P/c39-29-30(40)32(42)37(33(43)31(29)41)62-28(49)8-12-57-14-16-59-18-19-60-17-15-58-13-11-48-22-25(46-47-48)3-1-2-10-44-38(53)45-24-6-4-23(5-7-24)21-27-35(51)36(52)34(50)26(61-27)9-20-63(54,55)56/h4-7,22,26-27,34-36,50-52H,1-3,8-21H2,(H2,44,45,53)(H2,54,55,56)/t26-,27-,34-,35-,36+/m1/s1. The van der Waals surface area contributed by atoms with E-state index in [9.17, 15) is 51.4 Å². The van der Waals surface area contributed by atoms with Crippen LogP contribution in [0.3, 0.4) is 0 Å². The molecule has 2 amide bonds. The van der Waals surface area contributed by atoms with Crippen molar-refractivity contribution in [3.63, 3.8) is 0 Å². The van der Waals surface area contributed by atoms with Gasteiger partial charge in [0.2, 0.25) is 34.8 Å². The summed E-state index contributed by atoms with van der Waals surface area (Å²) in [5.74, 6) is -14.3. The molecule has 0 saturated carbocycles. The van der Waals surface area contributed by atoms with Gasteiger partial charge in [0.05, 0.1) is 89.9 Å². The van der Waals surface area contributed by atoms with E-state index in [2.05, 4.69) is 25.7 Å². The normalized spacial score (nSPS) is 19.0. The SMILES string of the molecule is O=C(NCCCCc1cn(CCOCCOCCOCCOCCC(=O)Oc2c(F)c(F)c(F)c(F)c2F)nn1)Nc1ccc(C[C@H]2O[C@H](CCP(=O)(O)O)[C@@H](O)[C@H](O)[C@@H]2O)cc1. The van der Waals surface area contributed by atoms with Crippen LogP contribution in [0.15, 0.2) is 30.5 Å². The predicted octanol–water partition coefficient (Wildman–Crippen LogP) is 2.14. The van der Waals surface area contributed by atoms with Crippen molar-refractivity contribution < 1.29 is 89.6 Å². The van der Waals surface area contributed by atoms with Gasteiger partial charge in [0.15, 0.2) is 0 Å². The van der Waals surface area contributed by atoms with Gasteiger partial charge in [-0.3, -0.25) is 9.36 Å². The van der Waals surface area contributed by atoms with Crippen LogP contribution in [-0.2, 0) is 52.4 Å². The van der Waals surface area contributed by atoms with E-state index in [1.54, 1.807) is 28.9 Å². The Kier molecular flexibility index (Phi) is 21.2. The summed E-state index contributed by atoms with van der Waals surface area (Å²) in [5, 5.41) is 44.6. The predicted molar refractivity (Wildman–Crippen MR) is 208 cm³/mol. The first kappa shape index (κ1) is 51.4. The number of unbranched alkanes of at least 4 members (excludes halogenated alkanes) is 1. The van der Waals surface area contributed by atoms with E-state index in [0.29, 0.717) is 57.0 Å². The zero-order chi connectivity index (χ0) is 45.9. The second kappa shape index (κ2) is 25.9. The van der Waals surface area contributed by atoms with Crippen molar-refractivity contribution in [2.45, 2.75) is 75.6 Å². The Balaban J connectivity index is 0.955. The number of esters is 1. The molecule has 63 heavy (non-hydrogen) atoms. The summed E-state index contributed by atoms with van der Waals surface area (Å²) in [7, 11) is -4.35. The summed E-state index contributed by atoms with van der Waals surface area (Å²) in [4.78, 5) is 42.4. The highest BCUT2D eigenvalue weighted by Crippen LogP contribution is 2.37. The van der Waals surface area contributed by atoms with Crippen LogP contribution in [0.4, 0.5) is 32.4 Å². The average Bonchev–Trinajstić information content (AvgIpc) is 3.71. The van der Waals surface area contributed by atoms with Crippen molar-refractivity contribution in [1.82, 2.24) is 20.3 Å². The fourth-order valence-corrected chi connectivity index (χ4v) is 6.56. The lowest BCUT2D eigenvalue weighted by atomic mass is 9.90. The number of nitrogens with one attached hydrogen (secondary N) is 2. The first-order chi connectivity index (χ1) is 30.0. The summed E-state index contributed by atoms with van der Waals surface area (Å²) in [6, 6.07) is 6.29. The topological polar surface area (TPSA) is 263 Å². The highest BCUT2D eigenvalue weighted by Gasteiger charge is 2.43. The molecule has 25 heteroatoms. The molecule has 0 radical (unpaired) electrons. The number of carbonyl (C=O) groups excluding carboxylic acids is 2. The van der Waals surface area contributed by atoms with Gasteiger partial charge in [-0.25, -0.2) is 22.6 Å². The minimum atomic E-state index is -4.35. The Labute approximate surface area is 357 Å². The van der Waals surface area contributed by atoms with Crippen molar-refractivity contribution in [1.29, 1.82) is 0 Å². The molecule has 19 nitrogen and oxygen atoms in total. The summed E-state index contributed by atoms with van der Waals surface area (Å²) in [5.41, 5.74) is 1.99. The van der Waals surface area contributed by atoms with Crippen molar-refractivity contribution in [2.75, 3.05) is 70.9 Å². The van der Waals surface area contributed by atoms with Crippen LogP contribution in [0.2, 0.25) is 0 Å². The zero-order valence-electron chi connectivity index (χ0n) is 33.9. The molecule has 2 aromatic carbocycles. The van der Waals surface area contributed by atoms with E-state index in [1.807, 2.05) is 6.20 Å². The molecule has 3 aromatic rings. The molecule has 7 N–H and O–H groups in total. The highest BCUT2D eigenvalue weighted by molar-refractivity contribution is 7.51. The number of hydrogen-bond acceptors (Lipinski definition) is 14. The minimum Gasteiger partial charge on any atom is -0.420 e. The van der Waals surface area contributed by atoms with E-state index < -0.39 is 97.5 Å². The number of rotatable bonds is 27. The molecule has 4 rings (SSSR count). The molecule has 1 aliphatic heterocycles. The number of aryl methyl sites for hydroxylation is 1. The Hall–Kier alpha value is -4.20. The number of ether oxygens (including phenoxy) is 6. The van der Waals surface area contributed by atoms with Gasteiger partial charge in [-0.05, 0) is 43.4 Å². The van der Waals surface area contributed by atoms with Crippen molar-refractivity contribution in [3.8, 4) is 5.75 Å². The number of amides is 2. The molecule has 5 atom stereocenters. The maximum atomic E-state index is 13.6. The van der Waals surface area contributed by atoms with Gasteiger partial charge in [-0.15, -0.1) is 5.10 Å². The van der Waals surface area contributed by atoms with Gasteiger partial charge in [0.25, 0.3) is 0 Å². The van der Waals surface area contributed by atoms with Gasteiger partial charge in [0.1, 0.15) is 18.3 Å². The van der Waals surface area contributed by atoms with Crippen molar-refractivity contribution >= 4 is 25.3 Å². The van der Waals surface area contributed by atoms with E-state index >= 15 is 0 Å². The third kappa shape index (κ3) is 17.4. The molecule has 1 aromatic heterocycles. The van der Waals surface area contributed by atoms with Gasteiger partial charge in [-0.1, -0.05) is 17.3 Å². The van der Waals surface area contributed by atoms with Gasteiger partial charge < -0.3 is 64.2 Å². The molecule has 0 unspecified atom stereocenters. The molecule has 0 spiro atoms. The largest absolute Gasteiger partial charge is 0.420 e. The lowest BCUT2D eigenvalue weighted by Crippen LogP contribution is -2.58. The number of aromatic nitrogens is 3. The Bertz CT molecular complexity index is 1920. The number of aliphatic hydroxyl groups excluding tert-OH is 3. The first-order valence-corrected chi connectivity index (χ1v) is 21.6. The molecule has 0 aliphatic carbocycles. The second-order valence-electron chi connectivity index (χ2n) is 14.1. The van der Waals surface area contributed by atoms with Crippen molar-refractivity contribution in [3.05, 3.63) is 70.8 Å². The number of anilines is 1. The third-order valence-electron chi connectivity index (χ3n) is 9.31. The lowest BCUT2D eigenvalue weighted by Gasteiger charge is -2.41. The van der Waals surface area contributed by atoms with E-state index in [4.69, 9.17) is 33.5 Å². The molecule has 352 valence electrons. The Morgan fingerprint density at radius 1 is 0.762 bits per heavy atom. The molecule has 1 saturated heterocycles. The van der Waals surface area contributed by atoms with Crippen LogP contribution in [-0.4, -0.2) is 148 Å². The van der Waals surface area contributed by atoms with Crippen LogP contribution in [0, 0.1) is 29.1 Å². The Morgan fingerprint density at radius 3 is 1.95 bits per heavy atom.